The van der Waals surface area contributed by atoms with E-state index >= 15 is 0 Å². The lowest BCUT2D eigenvalue weighted by Gasteiger charge is -2.48. The molecule has 29 heavy (non-hydrogen) atoms. The molecular weight excluding hydrogens is 358 g/mol. The zero-order chi connectivity index (χ0) is 21.0. The normalized spacial score (nSPS) is 23.8. The Labute approximate surface area is 174 Å². The van der Waals surface area contributed by atoms with Crippen LogP contribution in [0.15, 0.2) is 65.5 Å². The van der Waals surface area contributed by atoms with Crippen LogP contribution < -0.4 is 0 Å². The van der Waals surface area contributed by atoms with Crippen LogP contribution in [0.25, 0.3) is 0 Å². The van der Waals surface area contributed by atoms with E-state index in [9.17, 15) is 9.59 Å². The maximum atomic E-state index is 13.4. The van der Waals surface area contributed by atoms with Crippen LogP contribution in [0.4, 0.5) is 0 Å². The first kappa shape index (κ1) is 19.9. The van der Waals surface area contributed by atoms with Crippen LogP contribution in [0.2, 0.25) is 0 Å². The van der Waals surface area contributed by atoms with Gasteiger partial charge in [-0.1, -0.05) is 64.1 Å². The van der Waals surface area contributed by atoms with Crippen LogP contribution in [-0.2, 0) is 9.59 Å². The molecule has 3 nitrogen and oxygen atoms in total. The van der Waals surface area contributed by atoms with Gasteiger partial charge in [0, 0.05) is 47.8 Å². The van der Waals surface area contributed by atoms with E-state index in [4.69, 9.17) is 0 Å². The number of hydrogen-bond acceptors (Lipinski definition) is 3. The molecule has 0 bridgehead atoms. The SMILES string of the molecule is C=CCN1C2=C(C(=O)CC(C)(C)C2)C(c2ccccc2)C2=C1CC(C)(C)CC2=O. The van der Waals surface area contributed by atoms with Crippen molar-refractivity contribution in [2.24, 2.45) is 10.8 Å². The summed E-state index contributed by atoms with van der Waals surface area (Å²) in [4.78, 5) is 29.1. The van der Waals surface area contributed by atoms with Gasteiger partial charge < -0.3 is 4.90 Å². The highest BCUT2D eigenvalue weighted by molar-refractivity contribution is 6.06. The monoisotopic (exact) mass is 389 g/mol. The number of nitrogens with zero attached hydrogens (tertiary/aromatic N) is 1. The summed E-state index contributed by atoms with van der Waals surface area (Å²) in [6.45, 7) is 13.3. The average Bonchev–Trinajstić information content (AvgIpc) is 2.61. The van der Waals surface area contributed by atoms with Gasteiger partial charge in [-0.25, -0.2) is 0 Å². The van der Waals surface area contributed by atoms with Crippen molar-refractivity contribution in [2.75, 3.05) is 6.54 Å². The zero-order valence-corrected chi connectivity index (χ0v) is 18.0. The summed E-state index contributed by atoms with van der Waals surface area (Å²) in [7, 11) is 0. The van der Waals surface area contributed by atoms with Gasteiger partial charge in [-0.3, -0.25) is 9.59 Å². The van der Waals surface area contributed by atoms with Crippen molar-refractivity contribution >= 4 is 11.6 Å². The molecule has 0 saturated heterocycles. The number of carbonyl (C=O) groups is 2. The van der Waals surface area contributed by atoms with Gasteiger partial charge in [0.2, 0.25) is 0 Å². The van der Waals surface area contributed by atoms with Crippen molar-refractivity contribution in [1.82, 2.24) is 4.90 Å². The van der Waals surface area contributed by atoms with Crippen LogP contribution in [0.1, 0.15) is 64.9 Å². The third-order valence-corrected chi connectivity index (χ3v) is 6.47. The lowest BCUT2D eigenvalue weighted by molar-refractivity contribution is -0.119. The van der Waals surface area contributed by atoms with Gasteiger partial charge in [-0.05, 0) is 29.2 Å². The van der Waals surface area contributed by atoms with Crippen LogP contribution >= 0.6 is 0 Å². The second-order valence-corrected chi connectivity index (χ2v) is 10.3. The minimum absolute atomic E-state index is 0.0805. The van der Waals surface area contributed by atoms with Crippen molar-refractivity contribution in [2.45, 2.75) is 59.3 Å². The second kappa shape index (κ2) is 6.83. The standard InChI is InChI=1S/C26H31NO2/c1-6-12-27-18-13-25(2,3)15-20(28)23(18)22(17-10-8-7-9-11-17)24-19(27)14-26(4,5)16-21(24)29/h6-11,22H,1,12-16H2,2-5H3. The summed E-state index contributed by atoms with van der Waals surface area (Å²) in [6.07, 6.45) is 4.63. The topological polar surface area (TPSA) is 37.4 Å². The fraction of sp³-hybridized carbons (Fsp3) is 0.462. The molecule has 0 saturated carbocycles. The number of benzene rings is 1. The van der Waals surface area contributed by atoms with Gasteiger partial charge in [0.05, 0.1) is 0 Å². The molecule has 3 heteroatoms. The first-order chi connectivity index (χ1) is 13.6. The van der Waals surface area contributed by atoms with Gasteiger partial charge in [0.25, 0.3) is 0 Å². The van der Waals surface area contributed by atoms with Crippen molar-refractivity contribution in [3.8, 4) is 0 Å². The van der Waals surface area contributed by atoms with Crippen molar-refractivity contribution < 1.29 is 9.59 Å². The summed E-state index contributed by atoms with van der Waals surface area (Å²) in [6, 6.07) is 10.1. The average molecular weight is 390 g/mol. The zero-order valence-electron chi connectivity index (χ0n) is 18.0. The molecule has 0 amide bonds. The van der Waals surface area contributed by atoms with E-state index in [1.165, 1.54) is 0 Å². The first-order valence-corrected chi connectivity index (χ1v) is 10.6. The van der Waals surface area contributed by atoms with Crippen molar-refractivity contribution in [3.63, 3.8) is 0 Å². The van der Waals surface area contributed by atoms with Crippen LogP contribution in [-0.4, -0.2) is 23.0 Å². The quantitative estimate of drug-likeness (QED) is 0.635. The van der Waals surface area contributed by atoms with Gasteiger partial charge >= 0.3 is 0 Å². The highest BCUT2D eigenvalue weighted by atomic mass is 16.1. The van der Waals surface area contributed by atoms with Crippen LogP contribution in [0.5, 0.6) is 0 Å². The van der Waals surface area contributed by atoms with Gasteiger partial charge in [-0.2, -0.15) is 0 Å². The van der Waals surface area contributed by atoms with Crippen molar-refractivity contribution in [1.29, 1.82) is 0 Å². The third-order valence-electron chi connectivity index (χ3n) is 6.47. The number of allylic oxidation sites excluding steroid dienone is 4. The number of Topliss-reactive ketones (excluding diaryl/α,β-unsaturated/α-hetero) is 2. The van der Waals surface area contributed by atoms with E-state index in [1.807, 2.05) is 24.3 Å². The van der Waals surface area contributed by atoms with E-state index in [1.54, 1.807) is 0 Å². The molecule has 0 radical (unpaired) electrons. The Morgan fingerprint density at radius 3 is 1.83 bits per heavy atom. The third kappa shape index (κ3) is 3.41. The van der Waals surface area contributed by atoms with E-state index < -0.39 is 0 Å². The summed E-state index contributed by atoms with van der Waals surface area (Å²) >= 11 is 0. The molecule has 1 heterocycles. The molecule has 2 aliphatic carbocycles. The highest BCUT2D eigenvalue weighted by Crippen LogP contribution is 2.54. The summed E-state index contributed by atoms with van der Waals surface area (Å²) in [5, 5.41) is 0. The Balaban J connectivity index is 1.99. The molecule has 1 aromatic rings. The Morgan fingerprint density at radius 2 is 1.38 bits per heavy atom. The number of hydrogen-bond donors (Lipinski definition) is 0. The van der Waals surface area contributed by atoms with Gasteiger partial charge in [-0.15, -0.1) is 6.58 Å². The molecule has 0 atom stereocenters. The molecular formula is C26H31NO2. The molecule has 152 valence electrons. The fourth-order valence-corrected chi connectivity index (χ4v) is 5.38. The van der Waals surface area contributed by atoms with Crippen LogP contribution in [0, 0.1) is 10.8 Å². The molecule has 0 N–H and O–H groups in total. The van der Waals surface area contributed by atoms with E-state index in [0.29, 0.717) is 19.4 Å². The lowest BCUT2D eigenvalue weighted by Crippen LogP contribution is -2.44. The Kier molecular flexibility index (Phi) is 4.68. The largest absolute Gasteiger partial charge is 0.344 e. The predicted molar refractivity (Wildman–Crippen MR) is 116 cm³/mol. The summed E-state index contributed by atoms with van der Waals surface area (Å²) < 4.78 is 0. The van der Waals surface area contributed by atoms with E-state index in [2.05, 4.69) is 51.3 Å². The Hall–Kier alpha value is -2.42. The molecule has 4 rings (SSSR count). The number of ketones is 2. The fourth-order valence-electron chi connectivity index (χ4n) is 5.38. The molecule has 0 fully saturated rings. The predicted octanol–water partition coefficient (Wildman–Crippen LogP) is 5.56. The Morgan fingerprint density at radius 1 is 0.897 bits per heavy atom. The smallest absolute Gasteiger partial charge is 0.162 e. The highest BCUT2D eigenvalue weighted by Gasteiger charge is 2.48. The number of rotatable bonds is 3. The first-order valence-electron chi connectivity index (χ1n) is 10.6. The molecule has 1 aromatic carbocycles. The van der Waals surface area contributed by atoms with E-state index in [-0.39, 0.29) is 28.3 Å². The molecule has 0 unspecified atom stereocenters. The molecule has 1 aliphatic heterocycles. The maximum Gasteiger partial charge on any atom is 0.162 e. The minimum atomic E-state index is -0.241. The minimum Gasteiger partial charge on any atom is -0.344 e. The van der Waals surface area contributed by atoms with E-state index in [0.717, 1.165) is 40.9 Å². The summed E-state index contributed by atoms with van der Waals surface area (Å²) in [5.74, 6) is 0.126. The molecule has 0 aromatic heterocycles. The number of carbonyl (C=O) groups excluding carboxylic acids is 2. The molecule has 0 spiro atoms. The van der Waals surface area contributed by atoms with Gasteiger partial charge in [0.1, 0.15) is 0 Å². The summed E-state index contributed by atoms with van der Waals surface area (Å²) in [5.41, 5.74) is 4.76. The molecule has 3 aliphatic rings. The van der Waals surface area contributed by atoms with Crippen LogP contribution in [0.3, 0.4) is 0 Å². The Bertz CT molecular complexity index is 892. The lowest BCUT2D eigenvalue weighted by atomic mass is 9.63. The van der Waals surface area contributed by atoms with Crippen molar-refractivity contribution in [3.05, 3.63) is 71.1 Å². The second-order valence-electron chi connectivity index (χ2n) is 10.3. The van der Waals surface area contributed by atoms with Gasteiger partial charge in [0.15, 0.2) is 11.6 Å². The maximum absolute atomic E-state index is 13.4.